The molecule has 1 fully saturated rings. The van der Waals surface area contributed by atoms with E-state index in [1.165, 1.54) is 72.7 Å². The summed E-state index contributed by atoms with van der Waals surface area (Å²) in [5.41, 5.74) is 4.39. The average molecular weight is 338 g/mol. The molecule has 0 radical (unpaired) electrons. The van der Waals surface area contributed by atoms with Gasteiger partial charge in [0, 0.05) is 6.04 Å². The number of piperidine rings is 1. The molecule has 2 nitrogen and oxygen atoms in total. The van der Waals surface area contributed by atoms with Crippen molar-refractivity contribution in [2.24, 2.45) is 0 Å². The maximum Gasteiger partial charge on any atom is 0.136 e. The molecule has 0 amide bonds. The summed E-state index contributed by atoms with van der Waals surface area (Å²) in [7, 11) is 1.80. The van der Waals surface area contributed by atoms with Gasteiger partial charge in [-0.25, -0.2) is 0 Å². The van der Waals surface area contributed by atoms with E-state index in [1.54, 1.807) is 7.11 Å². The number of rotatable bonds is 3. The third kappa shape index (κ3) is 2.89. The van der Waals surface area contributed by atoms with Crippen molar-refractivity contribution in [2.45, 2.75) is 57.4 Å². The first kappa shape index (κ1) is 14.4. The van der Waals surface area contributed by atoms with Gasteiger partial charge in [0.25, 0.3) is 0 Å². The average Bonchev–Trinajstić information content (AvgIpc) is 2.49. The van der Waals surface area contributed by atoms with Crippen molar-refractivity contribution in [3.05, 3.63) is 27.2 Å². The van der Waals surface area contributed by atoms with Gasteiger partial charge in [0.05, 0.1) is 11.6 Å². The van der Waals surface area contributed by atoms with E-state index in [4.69, 9.17) is 4.74 Å². The predicted molar refractivity (Wildman–Crippen MR) is 86.7 cm³/mol. The van der Waals surface area contributed by atoms with Crippen molar-refractivity contribution < 1.29 is 4.74 Å². The molecule has 0 spiro atoms. The first-order chi connectivity index (χ1) is 9.79. The number of nitrogens with one attached hydrogen (secondary N) is 1. The van der Waals surface area contributed by atoms with Crippen LogP contribution in [-0.4, -0.2) is 19.7 Å². The molecule has 1 saturated heterocycles. The van der Waals surface area contributed by atoms with Crippen LogP contribution in [0.25, 0.3) is 0 Å². The van der Waals surface area contributed by atoms with Crippen LogP contribution in [0, 0.1) is 0 Å². The van der Waals surface area contributed by atoms with Crippen LogP contribution in [0.15, 0.2) is 10.5 Å². The van der Waals surface area contributed by atoms with E-state index < -0.39 is 0 Å². The van der Waals surface area contributed by atoms with Crippen LogP contribution in [0.2, 0.25) is 0 Å². The van der Waals surface area contributed by atoms with E-state index in [0.717, 1.165) is 12.2 Å². The molecule has 0 bridgehead atoms. The molecule has 1 heterocycles. The Balaban J connectivity index is 1.90. The fourth-order valence-corrected chi connectivity index (χ4v) is 4.50. The molecule has 3 rings (SSSR count). The SMILES string of the molecule is COc1c(CC2CCCCN2)cc2c(c1Br)CCCC2. The van der Waals surface area contributed by atoms with Crippen molar-refractivity contribution >= 4 is 15.9 Å². The van der Waals surface area contributed by atoms with Crippen LogP contribution in [0.4, 0.5) is 0 Å². The zero-order valence-electron chi connectivity index (χ0n) is 12.3. The first-order valence-electron chi connectivity index (χ1n) is 7.90. The Kier molecular flexibility index (Phi) is 4.67. The lowest BCUT2D eigenvalue weighted by molar-refractivity contribution is 0.379. The summed E-state index contributed by atoms with van der Waals surface area (Å²) in [6.45, 7) is 1.17. The number of benzene rings is 1. The second-order valence-electron chi connectivity index (χ2n) is 6.08. The van der Waals surface area contributed by atoms with Crippen LogP contribution < -0.4 is 10.1 Å². The zero-order chi connectivity index (χ0) is 13.9. The Labute approximate surface area is 130 Å². The molecule has 1 aromatic rings. The highest BCUT2D eigenvalue weighted by atomic mass is 79.9. The standard InChI is InChI=1S/C17H24BrNO/c1-20-17-13(11-14-7-4-5-9-19-14)10-12-6-2-3-8-15(12)16(17)18/h10,14,19H,2-9,11H2,1H3. The molecule has 1 unspecified atom stereocenters. The van der Waals surface area contributed by atoms with Crippen molar-refractivity contribution in [1.29, 1.82) is 0 Å². The lowest BCUT2D eigenvalue weighted by Crippen LogP contribution is -2.35. The number of hydrogen-bond acceptors (Lipinski definition) is 2. The van der Waals surface area contributed by atoms with Gasteiger partial charge < -0.3 is 10.1 Å². The molecule has 0 saturated carbocycles. The Morgan fingerprint density at radius 3 is 2.85 bits per heavy atom. The van der Waals surface area contributed by atoms with Gasteiger partial charge in [-0.2, -0.15) is 0 Å². The van der Waals surface area contributed by atoms with Gasteiger partial charge >= 0.3 is 0 Å². The van der Waals surface area contributed by atoms with Crippen molar-refractivity contribution in [3.63, 3.8) is 0 Å². The summed E-state index contributed by atoms with van der Waals surface area (Å²) in [5.74, 6) is 1.07. The maximum absolute atomic E-state index is 5.71. The molecule has 2 aliphatic rings. The number of fused-ring (bicyclic) bond motifs is 1. The van der Waals surface area contributed by atoms with Gasteiger partial charge in [0.15, 0.2) is 0 Å². The zero-order valence-corrected chi connectivity index (χ0v) is 13.9. The summed E-state index contributed by atoms with van der Waals surface area (Å²) < 4.78 is 6.92. The highest BCUT2D eigenvalue weighted by Gasteiger charge is 2.22. The Morgan fingerprint density at radius 2 is 2.10 bits per heavy atom. The maximum atomic E-state index is 5.71. The Bertz CT molecular complexity index is 480. The summed E-state index contributed by atoms with van der Waals surface area (Å²) in [4.78, 5) is 0. The summed E-state index contributed by atoms with van der Waals surface area (Å²) >= 11 is 3.80. The highest BCUT2D eigenvalue weighted by Crippen LogP contribution is 2.39. The second-order valence-corrected chi connectivity index (χ2v) is 6.87. The Morgan fingerprint density at radius 1 is 1.25 bits per heavy atom. The smallest absolute Gasteiger partial charge is 0.136 e. The third-order valence-electron chi connectivity index (χ3n) is 4.70. The van der Waals surface area contributed by atoms with E-state index in [0.29, 0.717) is 6.04 Å². The quantitative estimate of drug-likeness (QED) is 0.899. The topological polar surface area (TPSA) is 21.3 Å². The largest absolute Gasteiger partial charge is 0.495 e. The summed E-state index contributed by atoms with van der Waals surface area (Å²) in [6, 6.07) is 3.03. The van der Waals surface area contributed by atoms with Crippen molar-refractivity contribution in [3.8, 4) is 5.75 Å². The van der Waals surface area contributed by atoms with Crippen LogP contribution >= 0.6 is 15.9 Å². The molecular formula is C17H24BrNO. The predicted octanol–water partition coefficient (Wildman–Crippen LogP) is 4.02. The minimum atomic E-state index is 0.617. The van der Waals surface area contributed by atoms with Crippen LogP contribution in [0.5, 0.6) is 5.75 Å². The van der Waals surface area contributed by atoms with Crippen molar-refractivity contribution in [2.75, 3.05) is 13.7 Å². The summed E-state index contributed by atoms with van der Waals surface area (Å²) in [6.07, 6.45) is 10.1. The number of halogens is 1. The van der Waals surface area contributed by atoms with Crippen LogP contribution in [-0.2, 0) is 19.3 Å². The third-order valence-corrected chi connectivity index (χ3v) is 5.54. The second kappa shape index (κ2) is 6.48. The number of hydrogen-bond donors (Lipinski definition) is 1. The molecule has 1 atom stereocenters. The highest BCUT2D eigenvalue weighted by molar-refractivity contribution is 9.10. The molecule has 1 N–H and O–H groups in total. The van der Waals surface area contributed by atoms with E-state index in [-0.39, 0.29) is 0 Å². The first-order valence-corrected chi connectivity index (χ1v) is 8.69. The lowest BCUT2D eigenvalue weighted by Gasteiger charge is -2.26. The molecule has 0 aromatic heterocycles. The van der Waals surface area contributed by atoms with Gasteiger partial charge in [-0.05, 0) is 84.1 Å². The molecule has 20 heavy (non-hydrogen) atoms. The van der Waals surface area contributed by atoms with Crippen LogP contribution in [0.3, 0.4) is 0 Å². The van der Waals surface area contributed by atoms with E-state index >= 15 is 0 Å². The fraction of sp³-hybridized carbons (Fsp3) is 0.647. The molecule has 1 aliphatic heterocycles. The minimum absolute atomic E-state index is 0.617. The van der Waals surface area contributed by atoms with Gasteiger partial charge in [-0.15, -0.1) is 0 Å². The van der Waals surface area contributed by atoms with Gasteiger partial charge in [0.2, 0.25) is 0 Å². The molecule has 110 valence electrons. The lowest BCUT2D eigenvalue weighted by atomic mass is 9.88. The minimum Gasteiger partial charge on any atom is -0.495 e. The molecule has 1 aliphatic carbocycles. The van der Waals surface area contributed by atoms with E-state index in [2.05, 4.69) is 27.3 Å². The number of aryl methyl sites for hydroxylation is 1. The monoisotopic (exact) mass is 337 g/mol. The van der Waals surface area contributed by atoms with Gasteiger partial charge in [-0.1, -0.05) is 12.5 Å². The molecule has 3 heteroatoms. The fourth-order valence-electron chi connectivity index (χ4n) is 3.63. The van der Waals surface area contributed by atoms with Gasteiger partial charge in [0.1, 0.15) is 5.75 Å². The number of methoxy groups -OCH3 is 1. The normalized spacial score (nSPS) is 22.4. The summed E-state index contributed by atoms with van der Waals surface area (Å²) in [5, 5.41) is 3.65. The van der Waals surface area contributed by atoms with Crippen LogP contribution in [0.1, 0.15) is 48.8 Å². The number of ether oxygens (including phenoxy) is 1. The van der Waals surface area contributed by atoms with Gasteiger partial charge in [-0.3, -0.25) is 0 Å². The van der Waals surface area contributed by atoms with E-state index in [9.17, 15) is 0 Å². The van der Waals surface area contributed by atoms with Crippen molar-refractivity contribution in [1.82, 2.24) is 5.32 Å². The molecule has 1 aromatic carbocycles. The molecular weight excluding hydrogens is 314 g/mol. The Hall–Kier alpha value is -0.540. The van der Waals surface area contributed by atoms with E-state index in [1.807, 2.05) is 0 Å².